The number of carbonyl (C=O) groups is 2. The Morgan fingerprint density at radius 3 is 2.74 bits per heavy atom. The molecule has 1 fully saturated rings. The highest BCUT2D eigenvalue weighted by Crippen LogP contribution is 2.38. The summed E-state index contributed by atoms with van der Waals surface area (Å²) < 4.78 is 10.9. The van der Waals surface area contributed by atoms with Gasteiger partial charge in [-0.25, -0.2) is 4.79 Å². The van der Waals surface area contributed by atoms with Crippen LogP contribution in [0, 0.1) is 0 Å². The highest BCUT2D eigenvalue weighted by Gasteiger charge is 2.37. The standard InChI is InChI=1S/C17H18BN2O7/c21-16(12-2-1-7-19-12)20-8-11(9-20)26-13-4-3-10-5-6-18(24,25)27-15(10)14(13)17(22)23/h1,3-4,7,11,24-25H,2,5-6,8-9H2,(H,22,23)/q-1. The first-order chi connectivity index (χ1) is 12.8. The third-order valence-electron chi connectivity index (χ3n) is 4.83. The molecule has 142 valence electrons. The molecule has 0 unspecified atom stereocenters. The first-order valence-electron chi connectivity index (χ1n) is 8.70. The number of rotatable bonds is 4. The summed E-state index contributed by atoms with van der Waals surface area (Å²) in [6, 6.07) is 3.19. The second-order valence-electron chi connectivity index (χ2n) is 6.86. The van der Waals surface area contributed by atoms with Crippen LogP contribution >= 0.6 is 0 Å². The highest BCUT2D eigenvalue weighted by atomic mass is 16.6. The number of carboxylic acids is 1. The first kappa shape index (κ1) is 17.6. The van der Waals surface area contributed by atoms with Crippen LogP contribution in [0.15, 0.2) is 29.4 Å². The van der Waals surface area contributed by atoms with Crippen molar-refractivity contribution < 1.29 is 34.1 Å². The zero-order valence-electron chi connectivity index (χ0n) is 14.4. The van der Waals surface area contributed by atoms with Gasteiger partial charge in [0, 0.05) is 12.6 Å². The molecule has 1 aromatic rings. The van der Waals surface area contributed by atoms with Crippen LogP contribution < -0.4 is 9.39 Å². The minimum atomic E-state index is -3.08. The van der Waals surface area contributed by atoms with Gasteiger partial charge < -0.3 is 29.4 Å². The Hall–Kier alpha value is -2.85. The molecule has 0 aliphatic carbocycles. The largest absolute Gasteiger partial charge is 0.669 e. The number of aromatic carboxylic acids is 1. The molecule has 0 spiro atoms. The molecule has 0 saturated carbocycles. The molecular formula is C17H18BN2O7-. The maximum absolute atomic E-state index is 12.2. The quantitative estimate of drug-likeness (QED) is 0.643. The third-order valence-corrected chi connectivity index (χ3v) is 4.83. The number of aliphatic imine (C=N–C) groups is 1. The van der Waals surface area contributed by atoms with Crippen molar-refractivity contribution in [1.29, 1.82) is 0 Å². The number of carboxylic acid groups (broad SMARTS) is 1. The average Bonchev–Trinajstić information content (AvgIpc) is 3.10. The molecule has 10 heteroatoms. The Morgan fingerprint density at radius 2 is 2.07 bits per heavy atom. The molecule has 0 aromatic heterocycles. The van der Waals surface area contributed by atoms with Gasteiger partial charge in [-0.3, -0.25) is 9.79 Å². The molecule has 9 nitrogen and oxygen atoms in total. The van der Waals surface area contributed by atoms with Crippen molar-refractivity contribution in [2.24, 2.45) is 4.99 Å². The molecule has 0 radical (unpaired) electrons. The van der Waals surface area contributed by atoms with Gasteiger partial charge >= 0.3 is 12.7 Å². The number of hydrogen-bond donors (Lipinski definition) is 3. The Labute approximate surface area is 154 Å². The number of aryl methyl sites for hydroxylation is 1. The van der Waals surface area contributed by atoms with Crippen molar-refractivity contribution in [3.8, 4) is 11.5 Å². The van der Waals surface area contributed by atoms with Crippen molar-refractivity contribution in [2.45, 2.75) is 25.3 Å². The molecule has 3 N–H and O–H groups in total. The van der Waals surface area contributed by atoms with Gasteiger partial charge in [0.05, 0.1) is 18.8 Å². The van der Waals surface area contributed by atoms with E-state index >= 15 is 0 Å². The predicted octanol–water partition coefficient (Wildman–Crippen LogP) is 0.191. The van der Waals surface area contributed by atoms with Crippen LogP contribution in [0.5, 0.6) is 11.5 Å². The summed E-state index contributed by atoms with van der Waals surface area (Å²) in [6.45, 7) is -2.44. The zero-order valence-corrected chi connectivity index (χ0v) is 14.4. The Kier molecular flexibility index (Phi) is 4.16. The second-order valence-corrected chi connectivity index (χ2v) is 6.86. The minimum absolute atomic E-state index is 0.00467. The van der Waals surface area contributed by atoms with Gasteiger partial charge in [0.1, 0.15) is 23.1 Å². The molecule has 3 aliphatic rings. The first-order valence-corrected chi connectivity index (χ1v) is 8.70. The summed E-state index contributed by atoms with van der Waals surface area (Å²) >= 11 is 0. The lowest BCUT2D eigenvalue weighted by Crippen LogP contribution is -2.57. The Bertz CT molecular complexity index is 874. The zero-order chi connectivity index (χ0) is 19.2. The monoisotopic (exact) mass is 373 g/mol. The van der Waals surface area contributed by atoms with Gasteiger partial charge in [-0.2, -0.15) is 0 Å². The normalized spacial score (nSPS) is 20.4. The highest BCUT2D eigenvalue weighted by molar-refractivity contribution is 6.59. The minimum Gasteiger partial charge on any atom is -0.669 e. The fourth-order valence-electron chi connectivity index (χ4n) is 3.37. The third kappa shape index (κ3) is 3.29. The predicted molar refractivity (Wildman–Crippen MR) is 94.9 cm³/mol. The molecule has 1 amide bonds. The van der Waals surface area contributed by atoms with Gasteiger partial charge in [-0.15, -0.1) is 0 Å². The smallest absolute Gasteiger partial charge is 0.430 e. The molecule has 3 heterocycles. The fourth-order valence-corrected chi connectivity index (χ4v) is 3.37. The van der Waals surface area contributed by atoms with Crippen LogP contribution in [0.25, 0.3) is 0 Å². The van der Waals surface area contributed by atoms with E-state index < -0.39 is 12.7 Å². The molecule has 1 aromatic carbocycles. The van der Waals surface area contributed by atoms with Crippen molar-refractivity contribution in [3.63, 3.8) is 0 Å². The van der Waals surface area contributed by atoms with Gasteiger partial charge in [0.2, 0.25) is 0 Å². The van der Waals surface area contributed by atoms with Crippen LogP contribution in [0.2, 0.25) is 6.32 Å². The van der Waals surface area contributed by atoms with Crippen LogP contribution in [0.3, 0.4) is 0 Å². The van der Waals surface area contributed by atoms with Gasteiger partial charge in [-0.05, 0) is 18.1 Å². The summed E-state index contributed by atoms with van der Waals surface area (Å²) in [6.07, 6.45) is 3.85. The van der Waals surface area contributed by atoms with E-state index in [1.807, 2.05) is 0 Å². The van der Waals surface area contributed by atoms with E-state index in [9.17, 15) is 24.7 Å². The van der Waals surface area contributed by atoms with Crippen molar-refractivity contribution in [3.05, 3.63) is 35.5 Å². The van der Waals surface area contributed by atoms with Gasteiger partial charge in [-0.1, -0.05) is 18.5 Å². The summed E-state index contributed by atoms with van der Waals surface area (Å²) in [5, 5.41) is 29.1. The molecule has 1 saturated heterocycles. The topological polar surface area (TPSA) is 129 Å². The number of amides is 1. The number of fused-ring (bicyclic) bond motifs is 1. The number of hydrogen-bond acceptors (Lipinski definition) is 7. The van der Waals surface area contributed by atoms with E-state index in [-0.39, 0.29) is 35.4 Å². The number of benzene rings is 1. The lowest BCUT2D eigenvalue weighted by Gasteiger charge is -2.40. The van der Waals surface area contributed by atoms with E-state index in [1.54, 1.807) is 23.2 Å². The van der Waals surface area contributed by atoms with Crippen LogP contribution in [-0.2, 0) is 11.2 Å². The number of ether oxygens (including phenoxy) is 1. The van der Waals surface area contributed by atoms with Crippen molar-refractivity contribution in [1.82, 2.24) is 4.90 Å². The molecule has 4 rings (SSSR count). The van der Waals surface area contributed by atoms with E-state index in [0.29, 0.717) is 37.2 Å². The lowest BCUT2D eigenvalue weighted by molar-refractivity contribution is -0.132. The van der Waals surface area contributed by atoms with E-state index in [2.05, 4.69) is 4.99 Å². The fraction of sp³-hybridized carbons (Fsp3) is 0.353. The molecule has 0 bridgehead atoms. The summed E-state index contributed by atoms with van der Waals surface area (Å²) in [7, 11) is 0. The molecule has 3 aliphatic heterocycles. The SMILES string of the molecule is O=C(O)c1c(OC2CN(C(=O)C3=NC=CC3)C2)ccc2c1O[B-](O)(O)CC2. The van der Waals surface area contributed by atoms with Crippen LogP contribution in [-0.4, -0.2) is 63.6 Å². The van der Waals surface area contributed by atoms with Crippen LogP contribution in [0.4, 0.5) is 0 Å². The summed E-state index contributed by atoms with van der Waals surface area (Å²) in [5.74, 6) is -1.43. The molecular weight excluding hydrogens is 355 g/mol. The van der Waals surface area contributed by atoms with Crippen molar-refractivity contribution >= 4 is 24.3 Å². The molecule has 27 heavy (non-hydrogen) atoms. The van der Waals surface area contributed by atoms with E-state index in [0.717, 1.165) is 0 Å². The van der Waals surface area contributed by atoms with Gasteiger partial charge in [0.25, 0.3) is 5.91 Å². The number of allylic oxidation sites excluding steroid dienone is 1. The van der Waals surface area contributed by atoms with E-state index in [4.69, 9.17) is 9.39 Å². The summed E-state index contributed by atoms with van der Waals surface area (Å²) in [5.41, 5.74) is 0.819. The Morgan fingerprint density at radius 1 is 1.30 bits per heavy atom. The number of nitrogens with zero attached hydrogens (tertiary/aromatic N) is 2. The van der Waals surface area contributed by atoms with Gasteiger partial charge in [0.15, 0.2) is 0 Å². The second kappa shape index (κ2) is 6.40. The maximum Gasteiger partial charge on any atom is 0.430 e. The van der Waals surface area contributed by atoms with Crippen molar-refractivity contribution in [2.75, 3.05) is 13.1 Å². The van der Waals surface area contributed by atoms with E-state index in [1.165, 1.54) is 6.07 Å². The number of carbonyl (C=O) groups excluding carboxylic acids is 1. The van der Waals surface area contributed by atoms with Crippen LogP contribution in [0.1, 0.15) is 22.3 Å². The molecule has 0 atom stereocenters. The summed E-state index contributed by atoms with van der Waals surface area (Å²) in [4.78, 5) is 29.5. The maximum atomic E-state index is 12.2. The Balaban J connectivity index is 1.49. The number of likely N-dealkylation sites (tertiary alicyclic amines) is 1. The average molecular weight is 373 g/mol. The lowest BCUT2D eigenvalue weighted by atomic mass is 9.70.